The van der Waals surface area contributed by atoms with E-state index in [1.165, 1.54) is 16.7 Å². The van der Waals surface area contributed by atoms with E-state index in [1.54, 1.807) is 7.11 Å². The monoisotopic (exact) mass is 414 g/mol. The Bertz CT molecular complexity index is 1050. The van der Waals surface area contributed by atoms with Gasteiger partial charge in [0.2, 0.25) is 0 Å². The molecule has 0 spiro atoms. The summed E-state index contributed by atoms with van der Waals surface area (Å²) in [5.41, 5.74) is 7.86. The molecule has 25 heavy (non-hydrogen) atoms. The van der Waals surface area contributed by atoms with E-state index in [-0.39, 0.29) is 0 Å². The van der Waals surface area contributed by atoms with Crippen molar-refractivity contribution in [3.8, 4) is 0 Å². The Morgan fingerprint density at radius 2 is 2.04 bits per heavy atom. The highest BCUT2D eigenvalue weighted by Crippen LogP contribution is 2.41. The second kappa shape index (κ2) is 6.36. The van der Waals surface area contributed by atoms with Gasteiger partial charge in [0, 0.05) is 38.1 Å². The topological polar surface area (TPSA) is 37.4 Å². The molecule has 0 saturated heterocycles. The standard InChI is InChI=1S/C20H16BrClN2O/c1-11(24-25-2)20-16-5-3-14(21)7-12(16)9-17(20)19-10-13-8-15(22)4-6-18(13)23-19/h3-8,10,23H,9H2,1-2H3. The van der Waals surface area contributed by atoms with Crippen LogP contribution in [0.1, 0.15) is 23.7 Å². The van der Waals surface area contributed by atoms with Crippen LogP contribution in [0.25, 0.3) is 22.0 Å². The first-order valence-electron chi connectivity index (χ1n) is 7.95. The molecule has 1 aromatic heterocycles. The summed E-state index contributed by atoms with van der Waals surface area (Å²) >= 11 is 9.70. The number of oxime groups is 1. The molecule has 0 fully saturated rings. The lowest BCUT2D eigenvalue weighted by atomic mass is 10.0. The van der Waals surface area contributed by atoms with Crippen LogP contribution in [0.4, 0.5) is 0 Å². The van der Waals surface area contributed by atoms with Gasteiger partial charge in [0.05, 0.1) is 5.71 Å². The first-order valence-corrected chi connectivity index (χ1v) is 9.12. The van der Waals surface area contributed by atoms with Gasteiger partial charge in [-0.3, -0.25) is 0 Å². The SMILES string of the molecule is CON=C(C)C1=C(c2cc3cc(Cl)ccc3[nH]2)Cc2cc(Br)ccc21. The number of benzene rings is 2. The second-order valence-electron chi connectivity index (χ2n) is 6.11. The van der Waals surface area contributed by atoms with Gasteiger partial charge in [0.25, 0.3) is 0 Å². The summed E-state index contributed by atoms with van der Waals surface area (Å²) in [6.45, 7) is 1.98. The number of nitrogens with one attached hydrogen (secondary N) is 1. The minimum Gasteiger partial charge on any atom is -0.399 e. The molecular weight excluding hydrogens is 400 g/mol. The van der Waals surface area contributed by atoms with Gasteiger partial charge in [0.15, 0.2) is 0 Å². The van der Waals surface area contributed by atoms with E-state index in [1.807, 2.05) is 25.1 Å². The number of allylic oxidation sites excluding steroid dienone is 2. The van der Waals surface area contributed by atoms with E-state index in [9.17, 15) is 0 Å². The molecular formula is C20H16BrClN2O. The van der Waals surface area contributed by atoms with E-state index in [2.05, 4.69) is 50.3 Å². The summed E-state index contributed by atoms with van der Waals surface area (Å²) in [6, 6.07) is 14.4. The Labute approximate surface area is 159 Å². The molecule has 0 aliphatic heterocycles. The Kier molecular flexibility index (Phi) is 4.18. The maximum atomic E-state index is 6.13. The van der Waals surface area contributed by atoms with Gasteiger partial charge in [-0.2, -0.15) is 0 Å². The summed E-state index contributed by atoms with van der Waals surface area (Å²) < 4.78 is 1.08. The van der Waals surface area contributed by atoms with E-state index < -0.39 is 0 Å². The number of aromatic amines is 1. The molecule has 126 valence electrons. The lowest BCUT2D eigenvalue weighted by molar-refractivity contribution is 0.214. The highest BCUT2D eigenvalue weighted by molar-refractivity contribution is 9.10. The van der Waals surface area contributed by atoms with Gasteiger partial charge in [-0.05, 0) is 60.0 Å². The number of hydrogen-bond acceptors (Lipinski definition) is 2. The van der Waals surface area contributed by atoms with Crippen molar-refractivity contribution in [2.24, 2.45) is 5.16 Å². The maximum absolute atomic E-state index is 6.13. The quantitative estimate of drug-likeness (QED) is 0.409. The van der Waals surface area contributed by atoms with E-state index >= 15 is 0 Å². The lowest BCUT2D eigenvalue weighted by Gasteiger charge is -2.07. The fourth-order valence-electron chi connectivity index (χ4n) is 3.49. The molecule has 2 aromatic carbocycles. The van der Waals surface area contributed by atoms with Gasteiger partial charge < -0.3 is 9.82 Å². The van der Waals surface area contributed by atoms with Crippen molar-refractivity contribution < 1.29 is 4.84 Å². The van der Waals surface area contributed by atoms with Gasteiger partial charge in [-0.15, -0.1) is 0 Å². The molecule has 1 aliphatic carbocycles. The molecule has 1 N–H and O–H groups in total. The number of hydrogen-bond donors (Lipinski definition) is 1. The highest BCUT2D eigenvalue weighted by Gasteiger charge is 2.26. The average Bonchev–Trinajstić information content (AvgIpc) is 3.14. The summed E-state index contributed by atoms with van der Waals surface area (Å²) in [6.07, 6.45) is 0.848. The first-order chi connectivity index (χ1) is 12.1. The van der Waals surface area contributed by atoms with E-state index in [0.717, 1.165) is 43.8 Å². The van der Waals surface area contributed by atoms with Crippen molar-refractivity contribution in [2.75, 3.05) is 7.11 Å². The third-order valence-electron chi connectivity index (χ3n) is 4.50. The highest BCUT2D eigenvalue weighted by atomic mass is 79.9. The molecule has 0 atom stereocenters. The summed E-state index contributed by atoms with van der Waals surface area (Å²) in [5, 5.41) is 6.03. The van der Waals surface area contributed by atoms with Crippen molar-refractivity contribution in [1.82, 2.24) is 4.98 Å². The van der Waals surface area contributed by atoms with Crippen molar-refractivity contribution >= 4 is 55.3 Å². The number of halogens is 2. The number of aromatic nitrogens is 1. The van der Waals surface area contributed by atoms with Crippen LogP contribution in [0.2, 0.25) is 5.02 Å². The Morgan fingerprint density at radius 1 is 1.20 bits per heavy atom. The van der Waals surface area contributed by atoms with Crippen LogP contribution in [0.15, 0.2) is 52.1 Å². The van der Waals surface area contributed by atoms with Gasteiger partial charge in [0.1, 0.15) is 7.11 Å². The summed E-state index contributed by atoms with van der Waals surface area (Å²) in [7, 11) is 1.58. The summed E-state index contributed by atoms with van der Waals surface area (Å²) in [4.78, 5) is 8.55. The van der Waals surface area contributed by atoms with Crippen LogP contribution in [0.5, 0.6) is 0 Å². The minimum atomic E-state index is 0.739. The molecule has 1 heterocycles. The van der Waals surface area contributed by atoms with Gasteiger partial charge >= 0.3 is 0 Å². The first kappa shape index (κ1) is 16.4. The molecule has 4 rings (SSSR count). The smallest absolute Gasteiger partial charge is 0.106 e. The number of fused-ring (bicyclic) bond motifs is 2. The fourth-order valence-corrected chi connectivity index (χ4v) is 4.07. The Balaban J connectivity index is 1.92. The molecule has 0 radical (unpaired) electrons. The van der Waals surface area contributed by atoms with Crippen molar-refractivity contribution in [3.63, 3.8) is 0 Å². The number of rotatable bonds is 3. The molecule has 0 bridgehead atoms. The molecule has 5 heteroatoms. The van der Waals surface area contributed by atoms with E-state index in [4.69, 9.17) is 16.4 Å². The van der Waals surface area contributed by atoms with Crippen LogP contribution in [0.3, 0.4) is 0 Å². The molecule has 3 aromatic rings. The number of nitrogens with zero attached hydrogens (tertiary/aromatic N) is 1. The zero-order chi connectivity index (χ0) is 17.6. The van der Waals surface area contributed by atoms with Crippen LogP contribution < -0.4 is 0 Å². The predicted molar refractivity (Wildman–Crippen MR) is 108 cm³/mol. The predicted octanol–water partition coefficient (Wildman–Crippen LogP) is 6.07. The maximum Gasteiger partial charge on any atom is 0.106 e. The molecule has 0 saturated carbocycles. The molecule has 3 nitrogen and oxygen atoms in total. The van der Waals surface area contributed by atoms with E-state index in [0.29, 0.717) is 0 Å². The van der Waals surface area contributed by atoms with Crippen molar-refractivity contribution in [1.29, 1.82) is 0 Å². The third kappa shape index (κ3) is 2.90. The Hall–Kier alpha value is -2.04. The fraction of sp³-hybridized carbons (Fsp3) is 0.150. The van der Waals surface area contributed by atoms with Crippen molar-refractivity contribution in [3.05, 3.63) is 68.8 Å². The molecule has 0 amide bonds. The summed E-state index contributed by atoms with van der Waals surface area (Å²) in [5.74, 6) is 0. The van der Waals surface area contributed by atoms with Crippen molar-refractivity contribution in [2.45, 2.75) is 13.3 Å². The third-order valence-corrected chi connectivity index (χ3v) is 5.23. The second-order valence-corrected chi connectivity index (χ2v) is 7.46. The minimum absolute atomic E-state index is 0.739. The van der Waals surface area contributed by atoms with Crippen LogP contribution >= 0.6 is 27.5 Å². The molecule has 0 unspecified atom stereocenters. The van der Waals surface area contributed by atoms with Crippen LogP contribution in [-0.2, 0) is 11.3 Å². The normalized spacial score (nSPS) is 14.3. The molecule has 1 aliphatic rings. The zero-order valence-electron chi connectivity index (χ0n) is 13.9. The zero-order valence-corrected chi connectivity index (χ0v) is 16.2. The van der Waals surface area contributed by atoms with Crippen LogP contribution in [0, 0.1) is 0 Å². The number of H-pyrrole nitrogens is 1. The average molecular weight is 416 g/mol. The Morgan fingerprint density at radius 3 is 2.84 bits per heavy atom. The van der Waals surface area contributed by atoms with Gasteiger partial charge in [-0.1, -0.05) is 38.8 Å². The largest absolute Gasteiger partial charge is 0.399 e. The lowest BCUT2D eigenvalue weighted by Crippen LogP contribution is -1.98. The van der Waals surface area contributed by atoms with Gasteiger partial charge in [-0.25, -0.2) is 0 Å². The van der Waals surface area contributed by atoms with Crippen LogP contribution in [-0.4, -0.2) is 17.8 Å².